The number of hydrogen-bond acceptors (Lipinski definition) is 2. The van der Waals surface area contributed by atoms with Crippen molar-refractivity contribution in [3.05, 3.63) is 0 Å². The summed E-state index contributed by atoms with van der Waals surface area (Å²) in [5.41, 5.74) is 0.241. The van der Waals surface area contributed by atoms with Crippen molar-refractivity contribution in [2.24, 2.45) is 17.8 Å². The Morgan fingerprint density at radius 2 is 1.74 bits per heavy atom. The zero-order chi connectivity index (χ0) is 13.6. The average molecular weight is 265 g/mol. The molecule has 4 atom stereocenters. The molecule has 4 unspecified atom stereocenters. The first-order valence-electron chi connectivity index (χ1n) is 8.43. The summed E-state index contributed by atoms with van der Waals surface area (Å²) in [6.07, 6.45) is 7.19. The number of rotatable bonds is 1. The fraction of sp³-hybridized carbons (Fsp3) is 1.00. The van der Waals surface area contributed by atoms with Crippen molar-refractivity contribution in [1.29, 1.82) is 0 Å². The predicted octanol–water partition coefficient (Wildman–Crippen LogP) is 3.70. The Labute approximate surface area is 118 Å². The van der Waals surface area contributed by atoms with Gasteiger partial charge < -0.3 is 9.64 Å². The SMILES string of the molecule is CC1CC(C)C2OC3(CCC12)CCN(C(C)C)CC3. The standard InChI is InChI=1S/C17H31NO/c1-12(2)18-9-7-17(8-10-18)6-5-15-13(3)11-14(4)16(15)19-17/h12-16H,5-11H2,1-4H3. The molecule has 110 valence electrons. The monoisotopic (exact) mass is 265 g/mol. The third-order valence-electron chi connectivity index (χ3n) is 6.22. The first kappa shape index (κ1) is 13.9. The first-order chi connectivity index (χ1) is 9.01. The van der Waals surface area contributed by atoms with Crippen LogP contribution >= 0.6 is 0 Å². The van der Waals surface area contributed by atoms with Crippen LogP contribution < -0.4 is 0 Å². The Kier molecular flexibility index (Phi) is 3.68. The number of fused-ring (bicyclic) bond motifs is 1. The van der Waals surface area contributed by atoms with Gasteiger partial charge >= 0.3 is 0 Å². The van der Waals surface area contributed by atoms with Gasteiger partial charge in [0.1, 0.15) is 0 Å². The van der Waals surface area contributed by atoms with Crippen LogP contribution in [-0.2, 0) is 4.74 Å². The van der Waals surface area contributed by atoms with Crippen LogP contribution in [0.5, 0.6) is 0 Å². The molecule has 3 aliphatic rings. The van der Waals surface area contributed by atoms with E-state index in [0.29, 0.717) is 12.1 Å². The summed E-state index contributed by atoms with van der Waals surface area (Å²) in [4.78, 5) is 2.61. The zero-order valence-electron chi connectivity index (χ0n) is 13.2. The summed E-state index contributed by atoms with van der Waals surface area (Å²) in [5.74, 6) is 2.51. The van der Waals surface area contributed by atoms with Gasteiger partial charge in [-0.3, -0.25) is 0 Å². The van der Waals surface area contributed by atoms with E-state index in [4.69, 9.17) is 4.74 Å². The van der Waals surface area contributed by atoms with Crippen molar-refractivity contribution in [2.45, 2.75) is 77.5 Å². The molecule has 0 amide bonds. The highest BCUT2D eigenvalue weighted by Crippen LogP contribution is 2.49. The van der Waals surface area contributed by atoms with Crippen LogP contribution in [0.2, 0.25) is 0 Å². The molecule has 3 rings (SSSR count). The maximum absolute atomic E-state index is 6.72. The molecule has 0 aromatic rings. The van der Waals surface area contributed by atoms with Crippen LogP contribution in [0.4, 0.5) is 0 Å². The molecule has 1 aliphatic carbocycles. The van der Waals surface area contributed by atoms with Gasteiger partial charge in [-0.05, 0) is 63.7 Å². The highest BCUT2D eigenvalue weighted by atomic mass is 16.5. The summed E-state index contributed by atoms with van der Waals surface area (Å²) in [6.45, 7) is 11.9. The van der Waals surface area contributed by atoms with Crippen molar-refractivity contribution < 1.29 is 4.74 Å². The molecule has 3 fully saturated rings. The Hall–Kier alpha value is -0.0800. The molecule has 2 nitrogen and oxygen atoms in total. The highest BCUT2D eigenvalue weighted by molar-refractivity contribution is 4.99. The van der Waals surface area contributed by atoms with E-state index in [-0.39, 0.29) is 5.60 Å². The highest BCUT2D eigenvalue weighted by Gasteiger charge is 2.49. The van der Waals surface area contributed by atoms with Gasteiger partial charge in [0, 0.05) is 19.1 Å². The molecule has 2 aliphatic heterocycles. The maximum atomic E-state index is 6.72. The number of piperidine rings is 1. The lowest BCUT2D eigenvalue weighted by Crippen LogP contribution is -2.53. The largest absolute Gasteiger partial charge is 0.371 e. The van der Waals surface area contributed by atoms with Crippen LogP contribution in [0.3, 0.4) is 0 Å². The molecule has 0 N–H and O–H groups in total. The number of likely N-dealkylation sites (tertiary alicyclic amines) is 1. The Morgan fingerprint density at radius 1 is 1.05 bits per heavy atom. The predicted molar refractivity (Wildman–Crippen MR) is 79.2 cm³/mol. The number of hydrogen-bond donors (Lipinski definition) is 0. The summed E-state index contributed by atoms with van der Waals surface area (Å²) in [6, 6.07) is 0.694. The third kappa shape index (κ3) is 2.47. The lowest BCUT2D eigenvalue weighted by atomic mass is 9.77. The summed E-state index contributed by atoms with van der Waals surface area (Å²) >= 11 is 0. The van der Waals surface area contributed by atoms with Gasteiger partial charge in [0.15, 0.2) is 0 Å². The van der Waals surface area contributed by atoms with E-state index >= 15 is 0 Å². The van der Waals surface area contributed by atoms with E-state index < -0.39 is 0 Å². The summed E-state index contributed by atoms with van der Waals surface area (Å²) < 4.78 is 6.72. The van der Waals surface area contributed by atoms with Gasteiger partial charge in [-0.15, -0.1) is 0 Å². The molecule has 0 radical (unpaired) electrons. The topological polar surface area (TPSA) is 12.5 Å². The van der Waals surface area contributed by atoms with Crippen LogP contribution in [0, 0.1) is 17.8 Å². The van der Waals surface area contributed by atoms with Crippen molar-refractivity contribution in [3.63, 3.8) is 0 Å². The third-order valence-corrected chi connectivity index (χ3v) is 6.22. The number of nitrogens with zero attached hydrogens (tertiary/aromatic N) is 1. The second-order valence-electron chi connectivity index (χ2n) is 7.79. The van der Waals surface area contributed by atoms with E-state index in [1.165, 1.54) is 45.2 Å². The van der Waals surface area contributed by atoms with Gasteiger partial charge in [-0.1, -0.05) is 13.8 Å². The average Bonchev–Trinajstić information content (AvgIpc) is 2.65. The normalized spacial score (nSPS) is 42.8. The van der Waals surface area contributed by atoms with E-state index in [2.05, 4.69) is 32.6 Å². The van der Waals surface area contributed by atoms with E-state index in [0.717, 1.165) is 17.8 Å². The minimum atomic E-state index is 0.241. The van der Waals surface area contributed by atoms with Gasteiger partial charge in [-0.25, -0.2) is 0 Å². The zero-order valence-corrected chi connectivity index (χ0v) is 13.2. The minimum absolute atomic E-state index is 0.241. The Balaban J connectivity index is 1.65. The fourth-order valence-electron chi connectivity index (χ4n) is 4.89. The Morgan fingerprint density at radius 3 is 2.37 bits per heavy atom. The molecule has 2 heterocycles. The molecular formula is C17H31NO. The number of ether oxygens (including phenoxy) is 1. The first-order valence-corrected chi connectivity index (χ1v) is 8.43. The molecule has 0 aromatic carbocycles. The quantitative estimate of drug-likeness (QED) is 0.717. The molecule has 1 saturated carbocycles. The van der Waals surface area contributed by atoms with Crippen LogP contribution in [0.15, 0.2) is 0 Å². The smallest absolute Gasteiger partial charge is 0.0711 e. The second kappa shape index (κ2) is 5.04. The molecule has 0 aromatic heterocycles. The minimum Gasteiger partial charge on any atom is -0.371 e. The van der Waals surface area contributed by atoms with Crippen molar-refractivity contribution >= 4 is 0 Å². The molecule has 0 bridgehead atoms. The summed E-state index contributed by atoms with van der Waals surface area (Å²) in [7, 11) is 0. The molecule has 2 saturated heterocycles. The summed E-state index contributed by atoms with van der Waals surface area (Å²) in [5, 5.41) is 0. The van der Waals surface area contributed by atoms with Crippen LogP contribution in [-0.4, -0.2) is 35.7 Å². The van der Waals surface area contributed by atoms with E-state index in [1.807, 2.05) is 0 Å². The van der Waals surface area contributed by atoms with Gasteiger partial charge in [0.2, 0.25) is 0 Å². The van der Waals surface area contributed by atoms with Crippen molar-refractivity contribution in [2.75, 3.05) is 13.1 Å². The van der Waals surface area contributed by atoms with Gasteiger partial charge in [0.25, 0.3) is 0 Å². The fourth-order valence-corrected chi connectivity index (χ4v) is 4.89. The van der Waals surface area contributed by atoms with Gasteiger partial charge in [-0.2, -0.15) is 0 Å². The maximum Gasteiger partial charge on any atom is 0.0711 e. The molecule has 2 heteroatoms. The lowest BCUT2D eigenvalue weighted by molar-refractivity contribution is -0.180. The van der Waals surface area contributed by atoms with Crippen LogP contribution in [0.25, 0.3) is 0 Å². The Bertz CT molecular complexity index is 319. The second-order valence-corrected chi connectivity index (χ2v) is 7.79. The van der Waals surface area contributed by atoms with Crippen molar-refractivity contribution in [3.8, 4) is 0 Å². The van der Waals surface area contributed by atoms with E-state index in [1.54, 1.807) is 0 Å². The lowest BCUT2D eigenvalue weighted by Gasteiger charge is -2.49. The van der Waals surface area contributed by atoms with Crippen molar-refractivity contribution in [1.82, 2.24) is 4.90 Å². The molecular weight excluding hydrogens is 234 g/mol. The van der Waals surface area contributed by atoms with E-state index in [9.17, 15) is 0 Å². The molecule has 19 heavy (non-hydrogen) atoms. The van der Waals surface area contributed by atoms with Gasteiger partial charge in [0.05, 0.1) is 11.7 Å². The van der Waals surface area contributed by atoms with Crippen LogP contribution in [0.1, 0.15) is 59.8 Å². The molecule has 1 spiro atoms.